The molecule has 5 heteroatoms. The zero-order valence-electron chi connectivity index (χ0n) is 12.1. The van der Waals surface area contributed by atoms with E-state index in [0.717, 1.165) is 0 Å². The van der Waals surface area contributed by atoms with Crippen molar-refractivity contribution in [2.45, 2.75) is 57.9 Å². The second-order valence-corrected chi connectivity index (χ2v) is 8.29. The average Bonchev–Trinajstić information content (AvgIpc) is 2.12. The molecule has 0 aromatic heterocycles. The van der Waals surface area contributed by atoms with Crippen molar-refractivity contribution < 1.29 is 9.53 Å². The van der Waals surface area contributed by atoms with Crippen LogP contribution >= 0.6 is 15.9 Å². The predicted molar refractivity (Wildman–Crippen MR) is 78.0 cm³/mol. The van der Waals surface area contributed by atoms with Crippen molar-refractivity contribution in [3.05, 3.63) is 11.9 Å². The van der Waals surface area contributed by atoms with Crippen molar-refractivity contribution in [1.82, 2.24) is 0 Å². The number of halogens is 1. The molecule has 0 atom stereocenters. The van der Waals surface area contributed by atoms with Crippen molar-refractivity contribution >= 4 is 21.9 Å². The van der Waals surface area contributed by atoms with Crippen LogP contribution in [0.15, 0.2) is 11.9 Å². The molecule has 0 rings (SSSR count). The summed E-state index contributed by atoms with van der Waals surface area (Å²) in [7, 11) is 0. The van der Waals surface area contributed by atoms with Crippen molar-refractivity contribution in [2.75, 3.05) is 0 Å². The summed E-state index contributed by atoms with van der Waals surface area (Å²) in [5.41, 5.74) is 11.0. The minimum Gasteiger partial charge on any atom is -0.459 e. The van der Waals surface area contributed by atoms with E-state index in [9.17, 15) is 4.79 Å². The van der Waals surface area contributed by atoms with Gasteiger partial charge in [-0.3, -0.25) is 4.79 Å². The molecule has 0 heterocycles. The van der Waals surface area contributed by atoms with E-state index in [-0.39, 0.29) is 11.4 Å². The minimum absolute atomic E-state index is 0.293. The molecular weight excluding hydrogens is 296 g/mol. The zero-order valence-corrected chi connectivity index (χ0v) is 13.7. The van der Waals surface area contributed by atoms with Gasteiger partial charge in [0.25, 0.3) is 0 Å². The van der Waals surface area contributed by atoms with Crippen LogP contribution in [0.2, 0.25) is 0 Å². The maximum atomic E-state index is 11.9. The van der Waals surface area contributed by atoms with Gasteiger partial charge in [-0.15, -0.1) is 0 Å². The summed E-state index contributed by atoms with van der Waals surface area (Å²) < 4.78 is 4.83. The SMILES string of the molecule is CC(C)(CC(C)(C)/C(N)=C/N)OC(=O)C(C)(C)Br. The number of nitrogens with two attached hydrogens (primary N) is 2. The van der Waals surface area contributed by atoms with Crippen LogP contribution in [-0.2, 0) is 9.53 Å². The number of carbonyl (C=O) groups excluding carboxylic acids is 1. The molecule has 0 aliphatic carbocycles. The Bertz CT molecular complexity index is 341. The number of hydrogen-bond donors (Lipinski definition) is 2. The normalized spacial score (nSPS) is 14.5. The molecule has 0 aromatic rings. The van der Waals surface area contributed by atoms with Crippen LogP contribution in [-0.4, -0.2) is 15.9 Å². The van der Waals surface area contributed by atoms with Gasteiger partial charge < -0.3 is 16.2 Å². The number of hydrogen-bond acceptors (Lipinski definition) is 4. The highest BCUT2D eigenvalue weighted by atomic mass is 79.9. The Balaban J connectivity index is 4.83. The van der Waals surface area contributed by atoms with Crippen LogP contribution in [0.25, 0.3) is 0 Å². The number of ether oxygens (including phenoxy) is 1. The topological polar surface area (TPSA) is 78.3 Å². The van der Waals surface area contributed by atoms with E-state index in [1.54, 1.807) is 13.8 Å². The van der Waals surface area contributed by atoms with Gasteiger partial charge in [0.15, 0.2) is 0 Å². The lowest BCUT2D eigenvalue weighted by molar-refractivity contribution is -0.160. The van der Waals surface area contributed by atoms with Crippen molar-refractivity contribution in [1.29, 1.82) is 0 Å². The van der Waals surface area contributed by atoms with E-state index in [1.807, 2.05) is 27.7 Å². The van der Waals surface area contributed by atoms with E-state index in [2.05, 4.69) is 15.9 Å². The third-order valence-corrected chi connectivity index (χ3v) is 3.01. The van der Waals surface area contributed by atoms with E-state index in [4.69, 9.17) is 16.2 Å². The fraction of sp³-hybridized carbons (Fsp3) is 0.769. The highest BCUT2D eigenvalue weighted by Crippen LogP contribution is 2.35. The minimum atomic E-state index is -0.691. The van der Waals surface area contributed by atoms with E-state index >= 15 is 0 Å². The molecule has 106 valence electrons. The third kappa shape index (κ3) is 5.29. The smallest absolute Gasteiger partial charge is 0.322 e. The van der Waals surface area contributed by atoms with Gasteiger partial charge in [-0.1, -0.05) is 29.8 Å². The predicted octanol–water partition coefficient (Wildman–Crippen LogP) is 2.66. The molecule has 0 saturated carbocycles. The summed E-state index contributed by atoms with van der Waals surface area (Å²) in [6.45, 7) is 11.2. The maximum Gasteiger partial charge on any atom is 0.322 e. The maximum absolute atomic E-state index is 11.9. The highest BCUT2D eigenvalue weighted by Gasteiger charge is 2.36. The van der Waals surface area contributed by atoms with Crippen LogP contribution in [0.4, 0.5) is 0 Å². The molecule has 0 amide bonds. The molecule has 0 aromatic carbocycles. The highest BCUT2D eigenvalue weighted by molar-refractivity contribution is 9.10. The van der Waals surface area contributed by atoms with Gasteiger partial charge in [0.1, 0.15) is 9.93 Å². The van der Waals surface area contributed by atoms with Crippen LogP contribution in [0.5, 0.6) is 0 Å². The Labute approximate surface area is 118 Å². The number of carbonyl (C=O) groups is 1. The summed E-state index contributed by atoms with van der Waals surface area (Å²) in [5, 5.41) is 0. The van der Waals surface area contributed by atoms with Crippen molar-refractivity contribution in [2.24, 2.45) is 16.9 Å². The van der Waals surface area contributed by atoms with Gasteiger partial charge >= 0.3 is 5.97 Å². The molecule has 0 fully saturated rings. The largest absolute Gasteiger partial charge is 0.459 e. The first-order valence-electron chi connectivity index (χ1n) is 5.92. The fourth-order valence-electron chi connectivity index (χ4n) is 1.80. The standard InChI is InChI=1S/C13H25BrN2O2/c1-11(2,9(16)7-15)8-12(3,4)18-10(17)13(5,6)14/h7H,8,15-16H2,1-6H3/b9-7-. The molecule has 0 saturated heterocycles. The quantitative estimate of drug-likeness (QED) is 0.603. The Morgan fingerprint density at radius 1 is 1.22 bits per heavy atom. The van der Waals surface area contributed by atoms with Crippen molar-refractivity contribution in [3.8, 4) is 0 Å². The van der Waals surface area contributed by atoms with E-state index in [1.165, 1.54) is 6.20 Å². The number of allylic oxidation sites excluding steroid dienone is 1. The molecule has 4 nitrogen and oxygen atoms in total. The van der Waals surface area contributed by atoms with E-state index in [0.29, 0.717) is 12.1 Å². The van der Waals surface area contributed by atoms with Gasteiger partial charge in [0, 0.05) is 17.3 Å². The average molecular weight is 321 g/mol. The lowest BCUT2D eigenvalue weighted by Gasteiger charge is -2.36. The van der Waals surface area contributed by atoms with Gasteiger partial charge in [0.05, 0.1) is 0 Å². The molecule has 18 heavy (non-hydrogen) atoms. The number of rotatable bonds is 5. The van der Waals surface area contributed by atoms with Crippen LogP contribution < -0.4 is 11.5 Å². The molecule has 0 radical (unpaired) electrons. The summed E-state index contributed by atoms with van der Waals surface area (Å²) >= 11 is 3.29. The summed E-state index contributed by atoms with van der Waals surface area (Å²) in [6, 6.07) is 0. The monoisotopic (exact) mass is 320 g/mol. The third-order valence-electron chi connectivity index (χ3n) is 2.68. The van der Waals surface area contributed by atoms with Crippen molar-refractivity contribution in [3.63, 3.8) is 0 Å². The summed E-state index contributed by atoms with van der Waals surface area (Å²) in [4.78, 5) is 11.9. The summed E-state index contributed by atoms with van der Waals surface area (Å²) in [5.74, 6) is -0.293. The lowest BCUT2D eigenvalue weighted by atomic mass is 9.79. The van der Waals surface area contributed by atoms with Crippen LogP contribution in [0.1, 0.15) is 48.0 Å². The second-order valence-electron chi connectivity index (χ2n) is 6.30. The lowest BCUT2D eigenvalue weighted by Crippen LogP contribution is -2.40. The molecular formula is C13H25BrN2O2. The van der Waals surface area contributed by atoms with E-state index < -0.39 is 9.93 Å². The molecule has 0 spiro atoms. The number of esters is 1. The van der Waals surface area contributed by atoms with Gasteiger partial charge in [0.2, 0.25) is 0 Å². The Hall–Kier alpha value is -0.710. The molecule has 0 unspecified atom stereocenters. The zero-order chi connectivity index (χ0) is 14.8. The second kappa shape index (κ2) is 5.51. The first-order chi connectivity index (χ1) is 7.82. The van der Waals surface area contributed by atoms with Crippen LogP contribution in [0, 0.1) is 5.41 Å². The van der Waals surface area contributed by atoms with Gasteiger partial charge in [-0.05, 0) is 34.1 Å². The molecule has 4 N–H and O–H groups in total. The summed E-state index contributed by atoms with van der Waals surface area (Å²) in [6.07, 6.45) is 1.99. The molecule has 0 aliphatic heterocycles. The van der Waals surface area contributed by atoms with Gasteiger partial charge in [-0.25, -0.2) is 0 Å². The Morgan fingerprint density at radius 3 is 2.00 bits per heavy atom. The van der Waals surface area contributed by atoms with Gasteiger partial charge in [-0.2, -0.15) is 0 Å². The Morgan fingerprint density at radius 2 is 1.67 bits per heavy atom. The first kappa shape index (κ1) is 17.3. The first-order valence-corrected chi connectivity index (χ1v) is 6.71. The van der Waals surface area contributed by atoms with Crippen LogP contribution in [0.3, 0.4) is 0 Å². The molecule has 0 aliphatic rings. The Kier molecular flexibility index (Phi) is 5.29. The molecule has 0 bridgehead atoms. The number of alkyl halides is 1. The fourth-order valence-corrected chi connectivity index (χ4v) is 1.88.